The molecule has 1 aliphatic heterocycles. The summed E-state index contributed by atoms with van der Waals surface area (Å²) >= 11 is 0. The van der Waals surface area contributed by atoms with E-state index in [4.69, 9.17) is 5.14 Å². The minimum atomic E-state index is -3.82. The van der Waals surface area contributed by atoms with Gasteiger partial charge in [-0.3, -0.25) is 4.79 Å². The summed E-state index contributed by atoms with van der Waals surface area (Å²) in [4.78, 5) is 12.9. The largest absolute Gasteiger partial charge is 0.326 e. The summed E-state index contributed by atoms with van der Waals surface area (Å²) in [5, 5.41) is 9.60. The SMILES string of the molecule is NS(=O)(=O)c1ccc(NC(=O)[C@@H]2CCCN(S(=O)(=O)c3ccc4ccccc4c3)C2)cc1. The van der Waals surface area contributed by atoms with E-state index in [9.17, 15) is 21.6 Å². The average molecular weight is 474 g/mol. The standard InChI is InChI=1S/C22H23N3O5S2/c23-31(27,28)20-11-8-19(9-12-20)24-22(26)18-6-3-13-25(15-18)32(29,30)21-10-7-16-4-1-2-5-17(16)14-21/h1-2,4-5,7-12,14,18H,3,6,13,15H2,(H,24,26)(H2,23,27,28)/t18-/m1/s1. The maximum Gasteiger partial charge on any atom is 0.243 e. The number of nitrogens with two attached hydrogens (primary N) is 1. The second-order valence-corrected chi connectivity index (χ2v) is 11.3. The van der Waals surface area contributed by atoms with Crippen LogP contribution in [0.5, 0.6) is 0 Å². The molecule has 10 heteroatoms. The fraction of sp³-hybridized carbons (Fsp3) is 0.227. The van der Waals surface area contributed by atoms with Gasteiger partial charge in [-0.15, -0.1) is 0 Å². The molecule has 0 saturated carbocycles. The molecule has 32 heavy (non-hydrogen) atoms. The first-order valence-electron chi connectivity index (χ1n) is 10.1. The Kier molecular flexibility index (Phi) is 6.04. The Balaban J connectivity index is 1.48. The number of nitrogens with one attached hydrogen (secondary N) is 1. The van der Waals surface area contributed by atoms with E-state index >= 15 is 0 Å². The molecule has 1 amide bonds. The topological polar surface area (TPSA) is 127 Å². The van der Waals surface area contributed by atoms with Crippen molar-refractivity contribution in [2.24, 2.45) is 11.1 Å². The smallest absolute Gasteiger partial charge is 0.243 e. The van der Waals surface area contributed by atoms with Gasteiger partial charge >= 0.3 is 0 Å². The average Bonchev–Trinajstić information content (AvgIpc) is 2.78. The highest BCUT2D eigenvalue weighted by Crippen LogP contribution is 2.27. The number of primary sulfonamides is 1. The van der Waals surface area contributed by atoms with Crippen LogP contribution in [0.3, 0.4) is 0 Å². The molecule has 0 radical (unpaired) electrons. The summed E-state index contributed by atoms with van der Waals surface area (Å²) in [5.74, 6) is -0.830. The maximum atomic E-state index is 13.2. The highest BCUT2D eigenvalue weighted by Gasteiger charge is 2.33. The summed E-state index contributed by atoms with van der Waals surface area (Å²) in [5.41, 5.74) is 0.414. The molecular formula is C22H23N3O5S2. The second-order valence-electron chi connectivity index (χ2n) is 7.77. The van der Waals surface area contributed by atoms with E-state index in [1.807, 2.05) is 24.3 Å². The van der Waals surface area contributed by atoms with Crippen LogP contribution in [0.25, 0.3) is 10.8 Å². The van der Waals surface area contributed by atoms with E-state index in [0.717, 1.165) is 10.8 Å². The van der Waals surface area contributed by atoms with Crippen LogP contribution >= 0.6 is 0 Å². The Bertz CT molecular complexity index is 1370. The Labute approximate surface area is 187 Å². The van der Waals surface area contributed by atoms with Crippen LogP contribution in [0, 0.1) is 5.92 Å². The number of nitrogens with zero attached hydrogens (tertiary/aromatic N) is 1. The predicted octanol–water partition coefficient (Wildman–Crippen LogP) is 2.53. The number of amides is 1. The molecule has 1 atom stereocenters. The predicted molar refractivity (Wildman–Crippen MR) is 122 cm³/mol. The van der Waals surface area contributed by atoms with Gasteiger partial charge in [-0.1, -0.05) is 30.3 Å². The molecule has 0 aliphatic carbocycles. The Morgan fingerprint density at radius 1 is 0.906 bits per heavy atom. The fourth-order valence-corrected chi connectivity index (χ4v) is 5.90. The van der Waals surface area contributed by atoms with Crippen molar-refractivity contribution in [1.82, 2.24) is 4.31 Å². The van der Waals surface area contributed by atoms with E-state index in [-0.39, 0.29) is 22.2 Å². The first kappa shape index (κ1) is 22.4. The Hall–Kier alpha value is -2.79. The van der Waals surface area contributed by atoms with Gasteiger partial charge in [0, 0.05) is 18.8 Å². The van der Waals surface area contributed by atoms with E-state index in [2.05, 4.69) is 5.32 Å². The number of piperidine rings is 1. The zero-order valence-corrected chi connectivity index (χ0v) is 18.8. The lowest BCUT2D eigenvalue weighted by molar-refractivity contribution is -0.120. The van der Waals surface area contributed by atoms with Gasteiger partial charge in [-0.05, 0) is 60.0 Å². The molecule has 3 aromatic rings. The first-order chi connectivity index (χ1) is 15.1. The third-order valence-corrected chi connectivity index (χ3v) is 8.35. The number of fused-ring (bicyclic) bond motifs is 1. The maximum absolute atomic E-state index is 13.2. The first-order valence-corrected chi connectivity index (χ1v) is 13.1. The van der Waals surface area contributed by atoms with Gasteiger partial charge in [-0.25, -0.2) is 22.0 Å². The van der Waals surface area contributed by atoms with Crippen molar-refractivity contribution < 1.29 is 21.6 Å². The lowest BCUT2D eigenvalue weighted by Crippen LogP contribution is -2.43. The zero-order valence-electron chi connectivity index (χ0n) is 17.1. The summed E-state index contributed by atoms with van der Waals surface area (Å²) in [6.07, 6.45) is 1.13. The normalized spacial score (nSPS) is 17.8. The summed E-state index contributed by atoms with van der Waals surface area (Å²) in [7, 11) is -7.56. The van der Waals surface area contributed by atoms with Crippen LogP contribution in [-0.4, -0.2) is 40.1 Å². The van der Waals surface area contributed by atoms with Gasteiger partial charge in [0.15, 0.2) is 0 Å². The van der Waals surface area contributed by atoms with E-state index < -0.39 is 26.0 Å². The third-order valence-electron chi connectivity index (χ3n) is 5.56. The van der Waals surface area contributed by atoms with Gasteiger partial charge < -0.3 is 5.32 Å². The monoisotopic (exact) mass is 473 g/mol. The number of carbonyl (C=O) groups is 1. The van der Waals surface area contributed by atoms with E-state index in [1.54, 1.807) is 18.2 Å². The number of rotatable bonds is 5. The molecule has 0 bridgehead atoms. The number of anilines is 1. The molecule has 4 rings (SSSR count). The molecule has 1 fully saturated rings. The molecule has 8 nitrogen and oxygen atoms in total. The summed E-state index contributed by atoms with van der Waals surface area (Å²) in [6.45, 7) is 0.429. The van der Waals surface area contributed by atoms with Crippen molar-refractivity contribution in [2.75, 3.05) is 18.4 Å². The summed E-state index contributed by atoms with van der Waals surface area (Å²) in [6, 6.07) is 18.1. The van der Waals surface area contributed by atoms with Crippen molar-refractivity contribution >= 4 is 42.4 Å². The fourth-order valence-electron chi connectivity index (χ4n) is 3.82. The van der Waals surface area contributed by atoms with Crippen molar-refractivity contribution in [3.05, 3.63) is 66.7 Å². The van der Waals surface area contributed by atoms with Gasteiger partial charge in [0.25, 0.3) is 0 Å². The summed E-state index contributed by atoms with van der Waals surface area (Å²) < 4.78 is 50.5. The molecule has 3 N–H and O–H groups in total. The van der Waals surface area contributed by atoms with E-state index in [0.29, 0.717) is 25.1 Å². The zero-order chi connectivity index (χ0) is 22.9. The van der Waals surface area contributed by atoms with Crippen LogP contribution in [0.15, 0.2) is 76.5 Å². The third kappa shape index (κ3) is 4.68. The second kappa shape index (κ2) is 8.62. The van der Waals surface area contributed by atoms with Crippen molar-refractivity contribution in [3.63, 3.8) is 0 Å². The van der Waals surface area contributed by atoms with Crippen LogP contribution in [-0.2, 0) is 24.8 Å². The quantitative estimate of drug-likeness (QED) is 0.589. The van der Waals surface area contributed by atoms with Gasteiger partial charge in [0.2, 0.25) is 26.0 Å². The van der Waals surface area contributed by atoms with Crippen LogP contribution in [0.4, 0.5) is 5.69 Å². The lowest BCUT2D eigenvalue weighted by Gasteiger charge is -2.31. The number of hydrogen-bond donors (Lipinski definition) is 2. The van der Waals surface area contributed by atoms with Crippen molar-refractivity contribution in [3.8, 4) is 0 Å². The highest BCUT2D eigenvalue weighted by atomic mass is 32.2. The highest BCUT2D eigenvalue weighted by molar-refractivity contribution is 7.89. The van der Waals surface area contributed by atoms with Crippen LogP contribution < -0.4 is 10.5 Å². The number of sulfonamides is 2. The molecule has 3 aromatic carbocycles. The van der Waals surface area contributed by atoms with E-state index in [1.165, 1.54) is 28.6 Å². The van der Waals surface area contributed by atoms with Crippen LogP contribution in [0.1, 0.15) is 12.8 Å². The van der Waals surface area contributed by atoms with Gasteiger partial charge in [0.1, 0.15) is 0 Å². The molecule has 1 heterocycles. The molecule has 168 valence electrons. The molecule has 0 unspecified atom stereocenters. The number of hydrogen-bond acceptors (Lipinski definition) is 5. The number of benzene rings is 3. The van der Waals surface area contributed by atoms with Gasteiger partial charge in [0.05, 0.1) is 15.7 Å². The minimum Gasteiger partial charge on any atom is -0.326 e. The lowest BCUT2D eigenvalue weighted by atomic mass is 9.99. The Morgan fingerprint density at radius 2 is 1.56 bits per heavy atom. The van der Waals surface area contributed by atoms with Crippen LogP contribution in [0.2, 0.25) is 0 Å². The minimum absolute atomic E-state index is 0.0548. The van der Waals surface area contributed by atoms with Crippen molar-refractivity contribution in [1.29, 1.82) is 0 Å². The molecular weight excluding hydrogens is 450 g/mol. The number of carbonyl (C=O) groups excluding carboxylic acids is 1. The molecule has 0 aromatic heterocycles. The Morgan fingerprint density at radius 3 is 2.25 bits per heavy atom. The van der Waals surface area contributed by atoms with Gasteiger partial charge in [-0.2, -0.15) is 4.31 Å². The molecule has 0 spiro atoms. The molecule has 1 aliphatic rings. The molecule has 1 saturated heterocycles. The van der Waals surface area contributed by atoms with Crippen molar-refractivity contribution in [2.45, 2.75) is 22.6 Å².